The second kappa shape index (κ2) is 5.80. The summed E-state index contributed by atoms with van der Waals surface area (Å²) in [6.45, 7) is 1.97. The second-order valence-corrected chi connectivity index (χ2v) is 4.74. The summed E-state index contributed by atoms with van der Waals surface area (Å²) in [6.07, 6.45) is 2.62. The molecular formula is C15H18FN3. The SMILES string of the molecule is CC(N)Cc1ccc(N(C)c2cccc(F)c2)nc1. The number of nitrogens with zero attached hydrogens (tertiary/aromatic N) is 2. The summed E-state index contributed by atoms with van der Waals surface area (Å²) in [5.41, 5.74) is 7.62. The van der Waals surface area contributed by atoms with Gasteiger partial charge < -0.3 is 10.6 Å². The molecule has 0 spiro atoms. The van der Waals surface area contributed by atoms with Crippen LogP contribution >= 0.6 is 0 Å². The third-order valence-electron chi connectivity index (χ3n) is 2.91. The molecule has 1 heterocycles. The van der Waals surface area contributed by atoms with Crippen LogP contribution in [0.2, 0.25) is 0 Å². The Balaban J connectivity index is 2.17. The van der Waals surface area contributed by atoms with Crippen LogP contribution in [0.3, 0.4) is 0 Å². The number of hydrogen-bond donors (Lipinski definition) is 1. The lowest BCUT2D eigenvalue weighted by molar-refractivity contribution is 0.628. The molecule has 19 heavy (non-hydrogen) atoms. The largest absolute Gasteiger partial charge is 0.329 e. The average molecular weight is 259 g/mol. The molecule has 0 aliphatic carbocycles. The number of aromatic nitrogens is 1. The van der Waals surface area contributed by atoms with Crippen molar-refractivity contribution in [2.24, 2.45) is 5.73 Å². The molecule has 2 aromatic rings. The first kappa shape index (κ1) is 13.5. The molecule has 0 aliphatic heterocycles. The van der Waals surface area contributed by atoms with Crippen LogP contribution in [0.25, 0.3) is 0 Å². The van der Waals surface area contributed by atoms with Crippen LogP contribution in [0.1, 0.15) is 12.5 Å². The molecule has 3 nitrogen and oxygen atoms in total. The highest BCUT2D eigenvalue weighted by atomic mass is 19.1. The van der Waals surface area contributed by atoms with E-state index in [0.717, 1.165) is 23.5 Å². The van der Waals surface area contributed by atoms with Crippen molar-refractivity contribution in [3.8, 4) is 0 Å². The van der Waals surface area contributed by atoms with E-state index in [-0.39, 0.29) is 11.9 Å². The minimum Gasteiger partial charge on any atom is -0.329 e. The Labute approximate surface area is 112 Å². The lowest BCUT2D eigenvalue weighted by Gasteiger charge is -2.18. The molecule has 0 amide bonds. The van der Waals surface area contributed by atoms with Crippen molar-refractivity contribution >= 4 is 11.5 Å². The van der Waals surface area contributed by atoms with E-state index >= 15 is 0 Å². The van der Waals surface area contributed by atoms with Gasteiger partial charge in [0.2, 0.25) is 0 Å². The minimum absolute atomic E-state index is 0.119. The van der Waals surface area contributed by atoms with Crippen molar-refractivity contribution in [3.63, 3.8) is 0 Å². The highest BCUT2D eigenvalue weighted by Gasteiger charge is 2.06. The van der Waals surface area contributed by atoms with Gasteiger partial charge in [0.1, 0.15) is 11.6 Å². The summed E-state index contributed by atoms with van der Waals surface area (Å²) in [6, 6.07) is 10.5. The van der Waals surface area contributed by atoms with Crippen molar-refractivity contribution in [3.05, 3.63) is 54.0 Å². The zero-order chi connectivity index (χ0) is 13.8. The van der Waals surface area contributed by atoms with Gasteiger partial charge >= 0.3 is 0 Å². The Bertz CT molecular complexity index is 537. The summed E-state index contributed by atoms with van der Waals surface area (Å²) in [5.74, 6) is 0.525. The van der Waals surface area contributed by atoms with Crippen molar-refractivity contribution < 1.29 is 4.39 Å². The molecule has 0 aliphatic rings. The maximum atomic E-state index is 13.2. The average Bonchev–Trinajstić information content (AvgIpc) is 2.38. The zero-order valence-electron chi connectivity index (χ0n) is 11.2. The molecule has 2 N–H and O–H groups in total. The standard InChI is InChI=1S/C15H18FN3/c1-11(17)8-12-6-7-15(18-10-12)19(2)14-5-3-4-13(16)9-14/h3-7,9-11H,8,17H2,1-2H3. The smallest absolute Gasteiger partial charge is 0.132 e. The number of anilines is 2. The first-order chi connectivity index (χ1) is 9.06. The maximum absolute atomic E-state index is 13.2. The Morgan fingerprint density at radius 3 is 2.68 bits per heavy atom. The van der Waals surface area contributed by atoms with E-state index in [2.05, 4.69) is 4.98 Å². The van der Waals surface area contributed by atoms with Crippen molar-refractivity contribution in [2.75, 3.05) is 11.9 Å². The van der Waals surface area contributed by atoms with Gasteiger partial charge in [0.15, 0.2) is 0 Å². The van der Waals surface area contributed by atoms with Crippen LogP contribution in [0.5, 0.6) is 0 Å². The third-order valence-corrected chi connectivity index (χ3v) is 2.91. The van der Waals surface area contributed by atoms with Crippen molar-refractivity contribution in [1.29, 1.82) is 0 Å². The summed E-state index contributed by atoms with van der Waals surface area (Å²) >= 11 is 0. The Hall–Kier alpha value is -1.94. The van der Waals surface area contributed by atoms with Gasteiger partial charge in [-0.1, -0.05) is 12.1 Å². The molecule has 0 bridgehead atoms. The van der Waals surface area contributed by atoms with E-state index in [0.29, 0.717) is 0 Å². The molecule has 4 heteroatoms. The normalized spacial score (nSPS) is 12.2. The van der Waals surface area contributed by atoms with E-state index in [1.54, 1.807) is 6.07 Å². The van der Waals surface area contributed by atoms with Gasteiger partial charge in [-0.2, -0.15) is 0 Å². The van der Waals surface area contributed by atoms with E-state index in [1.807, 2.05) is 43.3 Å². The van der Waals surface area contributed by atoms with Crippen molar-refractivity contribution in [2.45, 2.75) is 19.4 Å². The van der Waals surface area contributed by atoms with Gasteiger partial charge in [-0.05, 0) is 43.2 Å². The van der Waals surface area contributed by atoms with E-state index in [4.69, 9.17) is 5.73 Å². The molecule has 1 aromatic carbocycles. The first-order valence-electron chi connectivity index (χ1n) is 6.26. The van der Waals surface area contributed by atoms with Gasteiger partial charge in [-0.15, -0.1) is 0 Å². The third kappa shape index (κ3) is 3.51. The topological polar surface area (TPSA) is 42.1 Å². The summed E-state index contributed by atoms with van der Waals surface area (Å²) in [4.78, 5) is 6.23. The summed E-state index contributed by atoms with van der Waals surface area (Å²) in [7, 11) is 1.86. The first-order valence-corrected chi connectivity index (χ1v) is 6.26. The molecule has 1 aromatic heterocycles. The van der Waals surface area contributed by atoms with E-state index in [1.165, 1.54) is 12.1 Å². The number of hydrogen-bond acceptors (Lipinski definition) is 3. The summed E-state index contributed by atoms with van der Waals surface area (Å²) < 4.78 is 13.2. The quantitative estimate of drug-likeness (QED) is 0.918. The molecule has 1 atom stereocenters. The molecule has 0 fully saturated rings. The van der Waals surface area contributed by atoms with Crippen LogP contribution in [0.15, 0.2) is 42.6 Å². The van der Waals surface area contributed by atoms with E-state index < -0.39 is 0 Å². The molecule has 0 saturated carbocycles. The molecule has 0 saturated heterocycles. The highest BCUT2D eigenvalue weighted by Crippen LogP contribution is 2.22. The number of pyridine rings is 1. The fourth-order valence-corrected chi connectivity index (χ4v) is 1.92. The van der Waals surface area contributed by atoms with Crippen LogP contribution in [-0.2, 0) is 6.42 Å². The second-order valence-electron chi connectivity index (χ2n) is 4.74. The van der Waals surface area contributed by atoms with Gasteiger partial charge in [-0.3, -0.25) is 0 Å². The summed E-state index contributed by atoms with van der Waals surface area (Å²) in [5, 5.41) is 0. The molecule has 100 valence electrons. The fraction of sp³-hybridized carbons (Fsp3) is 0.267. The molecule has 1 unspecified atom stereocenters. The number of nitrogens with two attached hydrogens (primary N) is 1. The van der Waals surface area contributed by atoms with Crippen LogP contribution < -0.4 is 10.6 Å². The van der Waals surface area contributed by atoms with Crippen LogP contribution in [-0.4, -0.2) is 18.1 Å². The molecular weight excluding hydrogens is 241 g/mol. The van der Waals surface area contributed by atoms with Gasteiger partial charge in [-0.25, -0.2) is 9.37 Å². The maximum Gasteiger partial charge on any atom is 0.132 e. The molecule has 2 rings (SSSR count). The van der Waals surface area contributed by atoms with E-state index in [9.17, 15) is 4.39 Å². The van der Waals surface area contributed by atoms with Gasteiger partial charge in [0, 0.05) is 25.0 Å². The molecule has 0 radical (unpaired) electrons. The fourth-order valence-electron chi connectivity index (χ4n) is 1.92. The number of halogens is 1. The van der Waals surface area contributed by atoms with Gasteiger partial charge in [0.25, 0.3) is 0 Å². The Kier molecular flexibility index (Phi) is 4.12. The monoisotopic (exact) mass is 259 g/mol. The predicted molar refractivity (Wildman–Crippen MR) is 76.1 cm³/mol. The van der Waals surface area contributed by atoms with Crippen molar-refractivity contribution in [1.82, 2.24) is 4.98 Å². The minimum atomic E-state index is -0.252. The Morgan fingerprint density at radius 2 is 2.11 bits per heavy atom. The highest BCUT2D eigenvalue weighted by molar-refractivity contribution is 5.58. The number of rotatable bonds is 4. The van der Waals surface area contributed by atoms with Crippen LogP contribution in [0.4, 0.5) is 15.9 Å². The van der Waals surface area contributed by atoms with Gasteiger partial charge in [0.05, 0.1) is 0 Å². The number of benzene rings is 1. The lowest BCUT2D eigenvalue weighted by Crippen LogP contribution is -2.18. The Morgan fingerprint density at radius 1 is 1.32 bits per heavy atom. The van der Waals surface area contributed by atoms with Crippen LogP contribution in [0, 0.1) is 5.82 Å². The lowest BCUT2D eigenvalue weighted by atomic mass is 10.1. The zero-order valence-corrected chi connectivity index (χ0v) is 11.2. The predicted octanol–water partition coefficient (Wildman–Crippen LogP) is 2.88.